The maximum absolute atomic E-state index is 11.5. The van der Waals surface area contributed by atoms with Gasteiger partial charge < -0.3 is 42.6 Å². The van der Waals surface area contributed by atoms with Crippen LogP contribution in [-0.2, 0) is 47.4 Å². The van der Waals surface area contributed by atoms with Gasteiger partial charge in [0.25, 0.3) is 0 Å². The Balaban J connectivity index is 3.31. The molecule has 0 aliphatic rings. The van der Waals surface area contributed by atoms with Crippen molar-refractivity contribution in [1.82, 2.24) is 0 Å². The lowest BCUT2D eigenvalue weighted by molar-refractivity contribution is -0.150. The maximum atomic E-state index is 11.5. The highest BCUT2D eigenvalue weighted by molar-refractivity contribution is 7.80. The molecule has 0 aromatic heterocycles. The summed E-state index contributed by atoms with van der Waals surface area (Å²) in [6, 6.07) is 0. The average molecular weight is 443 g/mol. The molecule has 11 heteroatoms. The van der Waals surface area contributed by atoms with E-state index in [0.29, 0.717) is 72.7 Å². The molecule has 10 nitrogen and oxygen atoms in total. The van der Waals surface area contributed by atoms with Crippen molar-refractivity contribution in [2.24, 2.45) is 0 Å². The van der Waals surface area contributed by atoms with Crippen molar-refractivity contribution in [3.63, 3.8) is 0 Å². The lowest BCUT2D eigenvalue weighted by Gasteiger charge is -2.09. The van der Waals surface area contributed by atoms with Crippen molar-refractivity contribution in [2.75, 3.05) is 107 Å². The first kappa shape index (κ1) is 28.1. The third kappa shape index (κ3) is 23.2. The van der Waals surface area contributed by atoms with Gasteiger partial charge in [-0.25, -0.2) is 4.79 Å². The fraction of sp³-hybridized carbons (Fsp3) is 0.889. The minimum Gasteiger partial charge on any atom is -0.482 e. The van der Waals surface area contributed by atoms with Gasteiger partial charge >= 0.3 is 5.97 Å². The second-order valence-electron chi connectivity index (χ2n) is 5.37. The first-order valence-electron chi connectivity index (χ1n) is 9.38. The van der Waals surface area contributed by atoms with E-state index in [1.165, 1.54) is 0 Å². The molecule has 0 aliphatic carbocycles. The molecule has 0 saturated heterocycles. The summed E-state index contributed by atoms with van der Waals surface area (Å²) >= 11 is 4.99. The van der Waals surface area contributed by atoms with E-state index in [0.717, 1.165) is 0 Å². The minimum atomic E-state index is -0.496. The first-order chi connectivity index (χ1) is 14.2. The lowest BCUT2D eigenvalue weighted by atomic mass is 10.6. The Hall–Kier alpha value is -0.920. The Kier molecular flexibility index (Phi) is 22.6. The predicted octanol–water partition coefficient (Wildman–Crippen LogP) is 0.249. The summed E-state index contributed by atoms with van der Waals surface area (Å²) in [6.45, 7) is 4.95. The molecule has 0 atom stereocenters. The Morgan fingerprint density at radius 1 is 0.552 bits per heavy atom. The molecule has 0 fully saturated rings. The van der Waals surface area contributed by atoms with Gasteiger partial charge in [0.15, 0.2) is 5.05 Å². The van der Waals surface area contributed by atoms with E-state index in [9.17, 15) is 4.79 Å². The van der Waals surface area contributed by atoms with Gasteiger partial charge in [-0.05, 0) is 12.2 Å². The molecule has 0 heterocycles. The zero-order valence-corrected chi connectivity index (χ0v) is 18.2. The number of rotatable bonds is 22. The number of methoxy groups -OCH3 is 2. The lowest BCUT2D eigenvalue weighted by Crippen LogP contribution is -2.20. The Morgan fingerprint density at radius 3 is 1.45 bits per heavy atom. The standard InChI is InChI=1S/C18H34O10S/c1-20-3-5-22-7-9-24-11-13-27-17(19)15-26-16-18(29)28-14-12-25-10-8-23-6-4-21-2/h3-16H2,1-2H3. The zero-order chi connectivity index (χ0) is 21.4. The largest absolute Gasteiger partial charge is 0.482 e. The monoisotopic (exact) mass is 442 g/mol. The molecule has 0 aliphatic heterocycles. The van der Waals surface area contributed by atoms with Crippen molar-refractivity contribution in [2.45, 2.75) is 0 Å². The summed E-state index contributed by atoms with van der Waals surface area (Å²) in [5.41, 5.74) is 0. The van der Waals surface area contributed by atoms with Crippen LogP contribution < -0.4 is 0 Å². The van der Waals surface area contributed by atoms with Gasteiger partial charge in [0.05, 0.1) is 66.1 Å². The summed E-state index contributed by atoms with van der Waals surface area (Å²) in [5, 5.41) is 0.245. The second kappa shape index (κ2) is 23.4. The Bertz CT molecular complexity index is 350. The van der Waals surface area contributed by atoms with Crippen LogP contribution in [0.3, 0.4) is 0 Å². The molecular weight excluding hydrogens is 408 g/mol. The summed E-state index contributed by atoms with van der Waals surface area (Å²) in [4.78, 5) is 11.5. The van der Waals surface area contributed by atoms with Crippen molar-refractivity contribution in [3.05, 3.63) is 0 Å². The zero-order valence-electron chi connectivity index (χ0n) is 17.4. The van der Waals surface area contributed by atoms with Crippen LogP contribution in [0.5, 0.6) is 0 Å². The molecule has 0 rings (SSSR count). The highest BCUT2D eigenvalue weighted by Crippen LogP contribution is 1.89. The normalized spacial score (nSPS) is 10.8. The molecule has 172 valence electrons. The van der Waals surface area contributed by atoms with Crippen LogP contribution in [0.2, 0.25) is 0 Å². The number of thiocarbonyl (C=S) groups is 1. The van der Waals surface area contributed by atoms with E-state index in [4.69, 9.17) is 54.8 Å². The number of hydrogen-bond donors (Lipinski definition) is 0. The van der Waals surface area contributed by atoms with Crippen LogP contribution in [0.25, 0.3) is 0 Å². The fourth-order valence-electron chi connectivity index (χ4n) is 1.66. The molecule has 0 radical (unpaired) electrons. The first-order valence-corrected chi connectivity index (χ1v) is 9.79. The number of ether oxygens (including phenoxy) is 9. The third-order valence-corrected chi connectivity index (χ3v) is 3.26. The van der Waals surface area contributed by atoms with Crippen molar-refractivity contribution in [1.29, 1.82) is 0 Å². The van der Waals surface area contributed by atoms with Gasteiger partial charge in [0, 0.05) is 14.2 Å². The van der Waals surface area contributed by atoms with Crippen LogP contribution in [0.4, 0.5) is 0 Å². The molecule has 0 N–H and O–H groups in total. The van der Waals surface area contributed by atoms with Crippen LogP contribution in [0.15, 0.2) is 0 Å². The Morgan fingerprint density at radius 2 is 0.966 bits per heavy atom. The van der Waals surface area contributed by atoms with Gasteiger partial charge in [0.2, 0.25) is 0 Å². The molecule has 0 aromatic carbocycles. The SMILES string of the molecule is COCCOCCOCCOC(=O)COCC(=S)OCCOCCOCCOC. The van der Waals surface area contributed by atoms with Crippen LogP contribution in [0.1, 0.15) is 0 Å². The van der Waals surface area contributed by atoms with Crippen LogP contribution in [-0.4, -0.2) is 118 Å². The quantitative estimate of drug-likeness (QED) is 0.131. The summed E-state index contributed by atoms with van der Waals surface area (Å²) in [5.74, 6) is -0.496. The molecule has 0 amide bonds. The van der Waals surface area contributed by atoms with Crippen LogP contribution >= 0.6 is 12.2 Å². The highest BCUT2D eigenvalue weighted by atomic mass is 32.1. The van der Waals surface area contributed by atoms with Gasteiger partial charge in [0.1, 0.15) is 26.4 Å². The molecule has 29 heavy (non-hydrogen) atoms. The van der Waals surface area contributed by atoms with Gasteiger partial charge in [-0.1, -0.05) is 0 Å². The molecule has 0 spiro atoms. The number of carbonyl (C=O) groups is 1. The van der Waals surface area contributed by atoms with E-state index >= 15 is 0 Å². The van der Waals surface area contributed by atoms with Gasteiger partial charge in [-0.3, -0.25) is 0 Å². The molecule has 0 saturated carbocycles. The van der Waals surface area contributed by atoms with E-state index < -0.39 is 5.97 Å². The van der Waals surface area contributed by atoms with Crippen LogP contribution in [0, 0.1) is 0 Å². The highest BCUT2D eigenvalue weighted by Gasteiger charge is 2.05. The molecule has 0 unspecified atom stereocenters. The number of hydrogen-bond acceptors (Lipinski definition) is 11. The maximum Gasteiger partial charge on any atom is 0.332 e. The summed E-state index contributed by atoms with van der Waals surface area (Å²) in [7, 11) is 3.23. The van der Waals surface area contributed by atoms with Gasteiger partial charge in [-0.15, -0.1) is 0 Å². The van der Waals surface area contributed by atoms with E-state index in [2.05, 4.69) is 0 Å². The average Bonchev–Trinajstić information content (AvgIpc) is 2.71. The third-order valence-electron chi connectivity index (χ3n) is 3.03. The smallest absolute Gasteiger partial charge is 0.332 e. The predicted molar refractivity (Wildman–Crippen MR) is 107 cm³/mol. The van der Waals surface area contributed by atoms with Gasteiger partial charge in [-0.2, -0.15) is 0 Å². The van der Waals surface area contributed by atoms with E-state index in [1.54, 1.807) is 14.2 Å². The van der Waals surface area contributed by atoms with Crippen molar-refractivity contribution in [3.8, 4) is 0 Å². The van der Waals surface area contributed by atoms with E-state index in [1.807, 2.05) is 0 Å². The molecular formula is C18H34O10S. The van der Waals surface area contributed by atoms with Crippen molar-refractivity contribution < 1.29 is 47.4 Å². The fourth-order valence-corrected chi connectivity index (χ4v) is 1.83. The Labute approximate surface area is 177 Å². The van der Waals surface area contributed by atoms with E-state index in [-0.39, 0.29) is 24.9 Å². The summed E-state index contributed by atoms with van der Waals surface area (Å²) in [6.07, 6.45) is 0. The molecule has 0 bridgehead atoms. The van der Waals surface area contributed by atoms with Crippen molar-refractivity contribution >= 4 is 23.2 Å². The number of esters is 1. The topological polar surface area (TPSA) is 100 Å². The number of carbonyl (C=O) groups excluding carboxylic acids is 1. The minimum absolute atomic E-state index is 0.0277. The second-order valence-corrected chi connectivity index (χ2v) is 5.82. The summed E-state index contributed by atoms with van der Waals surface area (Å²) < 4.78 is 46.1. The molecule has 0 aromatic rings.